The van der Waals surface area contributed by atoms with E-state index in [9.17, 15) is 9.59 Å². The van der Waals surface area contributed by atoms with Crippen LogP contribution in [-0.4, -0.2) is 31.9 Å². The minimum absolute atomic E-state index is 0.0452. The Kier molecular flexibility index (Phi) is 4.17. The number of hydrogen-bond acceptors (Lipinski definition) is 4. The molecule has 2 aromatic rings. The number of rotatable bonds is 4. The van der Waals surface area contributed by atoms with E-state index >= 15 is 0 Å². The lowest BCUT2D eigenvalue weighted by Gasteiger charge is -2.12. The van der Waals surface area contributed by atoms with Gasteiger partial charge in [0.2, 0.25) is 0 Å². The number of carbonyl (C=O) groups is 2. The normalized spacial score (nSPS) is 10.2. The summed E-state index contributed by atoms with van der Waals surface area (Å²) in [6.07, 6.45) is 1.53. The summed E-state index contributed by atoms with van der Waals surface area (Å²) in [6.45, 7) is 1.92. The number of carboxylic acids is 1. The van der Waals surface area contributed by atoms with Crippen LogP contribution in [0.4, 0.5) is 10.5 Å². The molecule has 0 aliphatic carbocycles. The van der Waals surface area contributed by atoms with E-state index in [1.165, 1.54) is 12.4 Å². The molecule has 0 aliphatic rings. The van der Waals surface area contributed by atoms with Gasteiger partial charge < -0.3 is 20.3 Å². The standard InChI is InChI=1S/C13H15N5O3/c1-8-4-3-5-9(12(19)20)11(8)16-13(21)14-6-10-17-15-7-18(10)2/h3-5,7H,6H2,1-2H3,(H,19,20)(H2,14,16,21). The molecule has 8 heteroatoms. The first kappa shape index (κ1) is 14.5. The monoisotopic (exact) mass is 289 g/mol. The van der Waals surface area contributed by atoms with Gasteiger partial charge in [0.15, 0.2) is 5.82 Å². The number of nitrogens with zero attached hydrogens (tertiary/aromatic N) is 3. The van der Waals surface area contributed by atoms with E-state index in [1.54, 1.807) is 30.7 Å². The van der Waals surface area contributed by atoms with Gasteiger partial charge in [0.1, 0.15) is 6.33 Å². The summed E-state index contributed by atoms with van der Waals surface area (Å²) in [5.41, 5.74) is 0.994. The Morgan fingerprint density at radius 2 is 2.14 bits per heavy atom. The van der Waals surface area contributed by atoms with Gasteiger partial charge in [-0.3, -0.25) is 0 Å². The first-order valence-electron chi connectivity index (χ1n) is 6.19. The van der Waals surface area contributed by atoms with E-state index in [4.69, 9.17) is 5.11 Å². The Bertz CT molecular complexity index is 680. The fourth-order valence-corrected chi connectivity index (χ4v) is 1.80. The molecule has 110 valence electrons. The first-order chi connectivity index (χ1) is 9.99. The van der Waals surface area contributed by atoms with Gasteiger partial charge >= 0.3 is 12.0 Å². The van der Waals surface area contributed by atoms with Crippen molar-refractivity contribution in [1.82, 2.24) is 20.1 Å². The van der Waals surface area contributed by atoms with Crippen LogP contribution in [0.3, 0.4) is 0 Å². The second kappa shape index (κ2) is 6.04. The molecule has 0 radical (unpaired) electrons. The van der Waals surface area contributed by atoms with Crippen LogP contribution >= 0.6 is 0 Å². The zero-order valence-electron chi connectivity index (χ0n) is 11.6. The number of benzene rings is 1. The van der Waals surface area contributed by atoms with Crippen LogP contribution in [0, 0.1) is 6.92 Å². The zero-order chi connectivity index (χ0) is 15.4. The lowest BCUT2D eigenvalue weighted by molar-refractivity contribution is 0.0698. The van der Waals surface area contributed by atoms with Crippen LogP contribution in [-0.2, 0) is 13.6 Å². The SMILES string of the molecule is Cc1cccc(C(=O)O)c1NC(=O)NCc1nncn1C. The van der Waals surface area contributed by atoms with Crippen molar-refractivity contribution in [3.8, 4) is 0 Å². The number of hydrogen-bond donors (Lipinski definition) is 3. The molecule has 0 atom stereocenters. The summed E-state index contributed by atoms with van der Waals surface area (Å²) >= 11 is 0. The van der Waals surface area contributed by atoms with Crippen LogP contribution in [0.1, 0.15) is 21.7 Å². The molecule has 0 aliphatic heterocycles. The van der Waals surface area contributed by atoms with Gasteiger partial charge in [0.05, 0.1) is 17.8 Å². The zero-order valence-corrected chi connectivity index (χ0v) is 11.6. The molecule has 0 saturated carbocycles. The van der Waals surface area contributed by atoms with E-state index < -0.39 is 12.0 Å². The summed E-state index contributed by atoms with van der Waals surface area (Å²) in [5.74, 6) is -0.504. The quantitative estimate of drug-likeness (QED) is 0.782. The fourth-order valence-electron chi connectivity index (χ4n) is 1.80. The molecular weight excluding hydrogens is 274 g/mol. The van der Waals surface area contributed by atoms with Gasteiger partial charge in [-0.25, -0.2) is 9.59 Å². The number of aromatic nitrogens is 3. The van der Waals surface area contributed by atoms with Gasteiger partial charge in [-0.1, -0.05) is 12.1 Å². The summed E-state index contributed by atoms with van der Waals surface area (Å²) in [4.78, 5) is 23.0. The summed E-state index contributed by atoms with van der Waals surface area (Å²) < 4.78 is 1.68. The van der Waals surface area contributed by atoms with Crippen LogP contribution in [0.5, 0.6) is 0 Å². The maximum absolute atomic E-state index is 11.9. The number of carbonyl (C=O) groups excluding carboxylic acids is 1. The Morgan fingerprint density at radius 3 is 2.76 bits per heavy atom. The number of aromatic carboxylic acids is 1. The van der Waals surface area contributed by atoms with Gasteiger partial charge in [-0.2, -0.15) is 0 Å². The molecule has 3 N–H and O–H groups in total. The number of urea groups is 1. The van der Waals surface area contributed by atoms with Crippen LogP contribution < -0.4 is 10.6 Å². The summed E-state index contributed by atoms with van der Waals surface area (Å²) in [7, 11) is 1.76. The average Bonchev–Trinajstić information content (AvgIpc) is 2.84. The highest BCUT2D eigenvalue weighted by Crippen LogP contribution is 2.20. The molecule has 8 nitrogen and oxygen atoms in total. The third-order valence-electron chi connectivity index (χ3n) is 2.95. The number of amides is 2. The summed E-state index contributed by atoms with van der Waals surface area (Å²) in [6, 6.07) is 4.29. The van der Waals surface area contributed by atoms with Crippen molar-refractivity contribution in [3.05, 3.63) is 41.5 Å². The van der Waals surface area contributed by atoms with Gasteiger partial charge in [0.25, 0.3) is 0 Å². The lowest BCUT2D eigenvalue weighted by atomic mass is 10.1. The molecule has 0 saturated heterocycles. The lowest BCUT2D eigenvalue weighted by Crippen LogP contribution is -2.30. The predicted molar refractivity (Wildman–Crippen MR) is 75.0 cm³/mol. The third kappa shape index (κ3) is 3.35. The Hall–Kier alpha value is -2.90. The molecule has 1 aromatic heterocycles. The molecule has 0 unspecified atom stereocenters. The maximum Gasteiger partial charge on any atom is 0.337 e. The molecule has 1 aromatic carbocycles. The van der Waals surface area contributed by atoms with Crippen molar-refractivity contribution < 1.29 is 14.7 Å². The van der Waals surface area contributed by atoms with E-state index in [0.717, 1.165) is 0 Å². The van der Waals surface area contributed by atoms with Gasteiger partial charge in [-0.15, -0.1) is 10.2 Å². The van der Waals surface area contributed by atoms with Crippen molar-refractivity contribution in [3.63, 3.8) is 0 Å². The minimum atomic E-state index is -1.10. The molecule has 0 fully saturated rings. The van der Waals surface area contributed by atoms with Gasteiger partial charge in [0, 0.05) is 7.05 Å². The molecular formula is C13H15N5O3. The molecule has 0 bridgehead atoms. The van der Waals surface area contributed by atoms with Crippen molar-refractivity contribution in [2.75, 3.05) is 5.32 Å². The second-order valence-electron chi connectivity index (χ2n) is 4.47. The van der Waals surface area contributed by atoms with Crippen molar-refractivity contribution in [2.24, 2.45) is 7.05 Å². The molecule has 21 heavy (non-hydrogen) atoms. The molecule has 2 amide bonds. The number of anilines is 1. The Morgan fingerprint density at radius 1 is 1.38 bits per heavy atom. The topological polar surface area (TPSA) is 109 Å². The predicted octanol–water partition coefficient (Wildman–Crippen LogP) is 1.14. The highest BCUT2D eigenvalue weighted by molar-refractivity contribution is 6.00. The van der Waals surface area contributed by atoms with E-state index in [2.05, 4.69) is 20.8 Å². The van der Waals surface area contributed by atoms with E-state index in [-0.39, 0.29) is 17.8 Å². The number of para-hydroxylation sites is 1. The van der Waals surface area contributed by atoms with Crippen LogP contribution in [0.15, 0.2) is 24.5 Å². The highest BCUT2D eigenvalue weighted by atomic mass is 16.4. The van der Waals surface area contributed by atoms with E-state index in [0.29, 0.717) is 11.4 Å². The van der Waals surface area contributed by atoms with Crippen molar-refractivity contribution >= 4 is 17.7 Å². The second-order valence-corrected chi connectivity index (χ2v) is 4.47. The smallest absolute Gasteiger partial charge is 0.337 e. The van der Waals surface area contributed by atoms with Crippen molar-refractivity contribution in [1.29, 1.82) is 0 Å². The van der Waals surface area contributed by atoms with Crippen molar-refractivity contribution in [2.45, 2.75) is 13.5 Å². The average molecular weight is 289 g/mol. The Labute approximate surface area is 120 Å². The fraction of sp³-hybridized carbons (Fsp3) is 0.231. The number of nitrogens with one attached hydrogen (secondary N) is 2. The maximum atomic E-state index is 11.9. The van der Waals surface area contributed by atoms with Crippen LogP contribution in [0.25, 0.3) is 0 Å². The summed E-state index contributed by atoms with van der Waals surface area (Å²) in [5, 5.41) is 21.8. The molecule has 1 heterocycles. The third-order valence-corrected chi connectivity index (χ3v) is 2.95. The molecule has 2 rings (SSSR count). The van der Waals surface area contributed by atoms with E-state index in [1.807, 2.05) is 0 Å². The van der Waals surface area contributed by atoms with Crippen LogP contribution in [0.2, 0.25) is 0 Å². The highest BCUT2D eigenvalue weighted by Gasteiger charge is 2.14. The number of aryl methyl sites for hydroxylation is 2. The number of carboxylic acid groups (broad SMARTS) is 1. The minimum Gasteiger partial charge on any atom is -0.478 e. The van der Waals surface area contributed by atoms with Gasteiger partial charge in [-0.05, 0) is 18.6 Å². The first-order valence-corrected chi connectivity index (χ1v) is 6.19. The molecule has 0 spiro atoms. The largest absolute Gasteiger partial charge is 0.478 e. The Balaban J connectivity index is 2.06.